The molecule has 2 heterocycles. The third-order valence-electron chi connectivity index (χ3n) is 4.13. The van der Waals surface area contributed by atoms with Gasteiger partial charge in [-0.05, 0) is 30.2 Å². The van der Waals surface area contributed by atoms with E-state index in [0.717, 1.165) is 11.3 Å². The number of carbonyl (C=O) groups is 1. The van der Waals surface area contributed by atoms with Crippen molar-refractivity contribution in [3.05, 3.63) is 72.1 Å². The molecule has 2 atom stereocenters. The number of benzene rings is 1. The van der Waals surface area contributed by atoms with Crippen LogP contribution in [0, 0.1) is 5.92 Å². The van der Waals surface area contributed by atoms with Crippen LogP contribution in [0.1, 0.15) is 11.3 Å². The second-order valence-corrected chi connectivity index (χ2v) is 5.84. The second-order valence-electron chi connectivity index (χ2n) is 5.84. The molecule has 0 saturated carbocycles. The fourth-order valence-electron chi connectivity index (χ4n) is 2.86. The topological polar surface area (TPSA) is 53.4 Å². The molecule has 3 rings (SSSR count). The van der Waals surface area contributed by atoms with Crippen LogP contribution >= 0.6 is 0 Å². The summed E-state index contributed by atoms with van der Waals surface area (Å²) in [5.41, 5.74) is 1.94. The van der Waals surface area contributed by atoms with Crippen LogP contribution in [0.5, 0.6) is 0 Å². The summed E-state index contributed by atoms with van der Waals surface area (Å²) in [6, 6.07) is 15.5. The van der Waals surface area contributed by atoms with Gasteiger partial charge in [0.1, 0.15) is 0 Å². The standard InChI is InChI=1S/C19H20N2O2/c22-18-14-21(13-16(18)12-17-8-4-5-11-20-17)19(23)10-9-15-6-2-1-3-7-15/h1-11,16,18,22H,12-14H2/b10-9+/t16-,18-/m1/s1. The first-order chi connectivity index (χ1) is 11.2. The Morgan fingerprint density at radius 3 is 2.70 bits per heavy atom. The van der Waals surface area contributed by atoms with Gasteiger partial charge in [0, 0.05) is 37.0 Å². The number of nitrogens with zero attached hydrogens (tertiary/aromatic N) is 2. The number of aliphatic hydroxyl groups excluding tert-OH is 1. The summed E-state index contributed by atoms with van der Waals surface area (Å²) < 4.78 is 0. The lowest BCUT2D eigenvalue weighted by Gasteiger charge is -2.13. The van der Waals surface area contributed by atoms with Gasteiger partial charge in [0.05, 0.1) is 6.10 Å². The van der Waals surface area contributed by atoms with Crippen molar-refractivity contribution in [3.63, 3.8) is 0 Å². The van der Waals surface area contributed by atoms with Crippen molar-refractivity contribution in [2.45, 2.75) is 12.5 Å². The molecule has 118 valence electrons. The van der Waals surface area contributed by atoms with E-state index in [1.54, 1.807) is 23.2 Å². The van der Waals surface area contributed by atoms with E-state index in [-0.39, 0.29) is 11.8 Å². The number of amides is 1. The van der Waals surface area contributed by atoms with Gasteiger partial charge >= 0.3 is 0 Å². The summed E-state index contributed by atoms with van der Waals surface area (Å²) in [5, 5.41) is 10.2. The van der Waals surface area contributed by atoms with Gasteiger partial charge in [-0.1, -0.05) is 36.4 Å². The van der Waals surface area contributed by atoms with E-state index in [1.807, 2.05) is 48.5 Å². The van der Waals surface area contributed by atoms with Gasteiger partial charge in [0.25, 0.3) is 0 Å². The Morgan fingerprint density at radius 1 is 1.17 bits per heavy atom. The molecule has 4 nitrogen and oxygen atoms in total. The lowest BCUT2D eigenvalue weighted by atomic mass is 10.00. The van der Waals surface area contributed by atoms with Gasteiger partial charge in [-0.3, -0.25) is 9.78 Å². The monoisotopic (exact) mass is 308 g/mol. The fourth-order valence-corrected chi connectivity index (χ4v) is 2.86. The largest absolute Gasteiger partial charge is 0.391 e. The SMILES string of the molecule is O=C(/C=C/c1ccccc1)N1C[C@@H](Cc2ccccn2)[C@H](O)C1. The molecule has 2 aromatic rings. The Morgan fingerprint density at radius 2 is 1.96 bits per heavy atom. The van der Waals surface area contributed by atoms with Gasteiger partial charge in [0.2, 0.25) is 5.91 Å². The normalized spacial score (nSPS) is 21.0. The molecule has 1 fully saturated rings. The predicted octanol–water partition coefficient (Wildman–Crippen LogP) is 2.16. The Balaban J connectivity index is 1.59. The van der Waals surface area contributed by atoms with Crippen molar-refractivity contribution < 1.29 is 9.90 Å². The van der Waals surface area contributed by atoms with Crippen LogP contribution in [-0.4, -0.2) is 40.1 Å². The van der Waals surface area contributed by atoms with Crippen molar-refractivity contribution in [2.24, 2.45) is 5.92 Å². The minimum absolute atomic E-state index is 0.0407. The Hall–Kier alpha value is -2.46. The zero-order valence-corrected chi connectivity index (χ0v) is 12.9. The first kappa shape index (κ1) is 15.4. The maximum absolute atomic E-state index is 12.3. The average molecular weight is 308 g/mol. The second kappa shape index (κ2) is 7.20. The lowest BCUT2D eigenvalue weighted by Crippen LogP contribution is -2.27. The van der Waals surface area contributed by atoms with Crippen LogP contribution in [0.4, 0.5) is 0 Å². The Kier molecular flexibility index (Phi) is 4.83. The summed E-state index contributed by atoms with van der Waals surface area (Å²) in [6.45, 7) is 0.950. The maximum Gasteiger partial charge on any atom is 0.246 e. The molecule has 0 spiro atoms. The number of hydrogen-bond acceptors (Lipinski definition) is 3. The number of aliphatic hydroxyl groups is 1. The molecule has 0 radical (unpaired) electrons. The first-order valence-corrected chi connectivity index (χ1v) is 7.82. The minimum atomic E-state index is -0.494. The number of β-amino-alcohol motifs (C(OH)–C–C–N with tert-alkyl or cyclic N) is 1. The summed E-state index contributed by atoms with van der Waals surface area (Å²) in [7, 11) is 0. The van der Waals surface area contributed by atoms with Gasteiger partial charge < -0.3 is 10.0 Å². The molecule has 23 heavy (non-hydrogen) atoms. The van der Waals surface area contributed by atoms with E-state index in [1.165, 1.54) is 0 Å². The quantitative estimate of drug-likeness (QED) is 0.881. The lowest BCUT2D eigenvalue weighted by molar-refractivity contribution is -0.125. The van der Waals surface area contributed by atoms with Crippen LogP contribution in [0.25, 0.3) is 6.08 Å². The van der Waals surface area contributed by atoms with Crippen LogP contribution in [0.3, 0.4) is 0 Å². The van der Waals surface area contributed by atoms with Gasteiger partial charge in [-0.15, -0.1) is 0 Å². The number of carbonyl (C=O) groups excluding carboxylic acids is 1. The summed E-state index contributed by atoms with van der Waals surface area (Å²) in [4.78, 5) is 18.3. The highest BCUT2D eigenvalue weighted by atomic mass is 16.3. The molecule has 1 N–H and O–H groups in total. The zero-order chi connectivity index (χ0) is 16.1. The molecule has 0 unspecified atom stereocenters. The molecular formula is C19H20N2O2. The third-order valence-corrected chi connectivity index (χ3v) is 4.13. The molecule has 0 aliphatic carbocycles. The Labute approximate surface area is 136 Å². The minimum Gasteiger partial charge on any atom is -0.391 e. The highest BCUT2D eigenvalue weighted by Crippen LogP contribution is 2.21. The van der Waals surface area contributed by atoms with E-state index in [2.05, 4.69) is 4.98 Å². The van der Waals surface area contributed by atoms with Crippen molar-refractivity contribution in [2.75, 3.05) is 13.1 Å². The molecule has 1 aliphatic rings. The van der Waals surface area contributed by atoms with Crippen LogP contribution in [0.2, 0.25) is 0 Å². The summed E-state index contributed by atoms with van der Waals surface area (Å²) in [5.74, 6) is -0.0181. The van der Waals surface area contributed by atoms with E-state index in [9.17, 15) is 9.90 Å². The average Bonchev–Trinajstić information content (AvgIpc) is 2.95. The number of hydrogen-bond donors (Lipinski definition) is 1. The first-order valence-electron chi connectivity index (χ1n) is 7.82. The van der Waals surface area contributed by atoms with Crippen LogP contribution < -0.4 is 0 Å². The summed E-state index contributed by atoms with van der Waals surface area (Å²) >= 11 is 0. The van der Waals surface area contributed by atoms with E-state index < -0.39 is 6.10 Å². The molecule has 1 saturated heterocycles. The van der Waals surface area contributed by atoms with Crippen molar-refractivity contribution in [3.8, 4) is 0 Å². The van der Waals surface area contributed by atoms with Crippen molar-refractivity contribution in [1.29, 1.82) is 0 Å². The molecule has 1 aliphatic heterocycles. The van der Waals surface area contributed by atoms with E-state index in [0.29, 0.717) is 19.5 Å². The van der Waals surface area contributed by atoms with Crippen molar-refractivity contribution in [1.82, 2.24) is 9.88 Å². The van der Waals surface area contributed by atoms with Crippen molar-refractivity contribution >= 4 is 12.0 Å². The highest BCUT2D eigenvalue weighted by molar-refractivity contribution is 5.92. The van der Waals surface area contributed by atoms with Gasteiger partial charge in [-0.2, -0.15) is 0 Å². The molecule has 4 heteroatoms. The van der Waals surface area contributed by atoms with E-state index >= 15 is 0 Å². The Bertz CT molecular complexity index is 670. The zero-order valence-electron chi connectivity index (χ0n) is 12.9. The van der Waals surface area contributed by atoms with Crippen LogP contribution in [0.15, 0.2) is 60.8 Å². The molecule has 1 amide bonds. The number of rotatable bonds is 4. The molecular weight excluding hydrogens is 288 g/mol. The number of likely N-dealkylation sites (tertiary alicyclic amines) is 1. The smallest absolute Gasteiger partial charge is 0.246 e. The number of aromatic nitrogens is 1. The number of pyridine rings is 1. The van der Waals surface area contributed by atoms with Gasteiger partial charge in [-0.25, -0.2) is 0 Å². The molecule has 1 aromatic carbocycles. The molecule has 0 bridgehead atoms. The van der Waals surface area contributed by atoms with Gasteiger partial charge in [0.15, 0.2) is 0 Å². The third kappa shape index (κ3) is 4.05. The fraction of sp³-hybridized carbons (Fsp3) is 0.263. The van der Waals surface area contributed by atoms with E-state index in [4.69, 9.17) is 0 Å². The maximum atomic E-state index is 12.3. The van der Waals surface area contributed by atoms with Crippen LogP contribution in [-0.2, 0) is 11.2 Å². The molecule has 1 aromatic heterocycles. The highest BCUT2D eigenvalue weighted by Gasteiger charge is 2.33. The summed E-state index contributed by atoms with van der Waals surface area (Å²) in [6.07, 6.45) is 5.33. The predicted molar refractivity (Wildman–Crippen MR) is 89.5 cm³/mol.